The lowest BCUT2D eigenvalue weighted by Crippen LogP contribution is -2.23. The molecular formula is C27H23ClN4O2S. The van der Waals surface area contributed by atoms with Crippen LogP contribution < -0.4 is 10.9 Å². The molecule has 0 fully saturated rings. The molecule has 5 aromatic rings. The van der Waals surface area contributed by atoms with E-state index in [1.54, 1.807) is 24.3 Å². The molecule has 176 valence electrons. The number of rotatable bonds is 5. The minimum Gasteiger partial charge on any atom is -0.349 e. The number of benzene rings is 3. The fourth-order valence-corrected chi connectivity index (χ4v) is 5.27. The summed E-state index contributed by atoms with van der Waals surface area (Å²) in [5.74, 6) is -0.0679. The average molecular weight is 503 g/mol. The van der Waals surface area contributed by atoms with Gasteiger partial charge in [-0.1, -0.05) is 59.3 Å². The molecule has 8 heteroatoms. The lowest BCUT2D eigenvalue weighted by Gasteiger charge is -2.14. The average Bonchev–Trinajstić information content (AvgIpc) is 3.20. The summed E-state index contributed by atoms with van der Waals surface area (Å²) in [4.78, 5) is 34.5. The van der Waals surface area contributed by atoms with Crippen molar-refractivity contribution in [2.45, 2.75) is 25.9 Å². The van der Waals surface area contributed by atoms with Crippen LogP contribution in [0.2, 0.25) is 5.02 Å². The second-order valence-corrected chi connectivity index (χ2v) is 9.90. The Morgan fingerprint density at radius 2 is 1.74 bits per heavy atom. The molecule has 0 aliphatic carbocycles. The monoisotopic (exact) mass is 502 g/mol. The SMILES string of the molecule is Cc1cc(C)c(NC(=O)CSc2nc3c([nH]c4ccccc43)c(=O)n2-c2ccc(Cl)cc2)c(C)c1. The number of aryl methyl sites for hydroxylation is 3. The number of thioether (sulfide) groups is 1. The molecule has 0 spiro atoms. The van der Waals surface area contributed by atoms with Crippen LogP contribution in [-0.4, -0.2) is 26.2 Å². The van der Waals surface area contributed by atoms with Gasteiger partial charge in [0.25, 0.3) is 5.56 Å². The standard InChI is InChI=1S/C27H23ClN4O2S/c1-15-12-16(2)23(17(3)13-15)30-22(33)14-35-27-31-24-20-6-4-5-7-21(20)29-25(24)26(34)32(27)19-10-8-18(28)9-11-19/h4-13,29H,14H2,1-3H3,(H,30,33). The molecule has 0 aliphatic rings. The molecule has 35 heavy (non-hydrogen) atoms. The van der Waals surface area contributed by atoms with Gasteiger partial charge in [0, 0.05) is 21.6 Å². The van der Waals surface area contributed by atoms with Crippen LogP contribution in [0.3, 0.4) is 0 Å². The molecule has 2 aromatic heterocycles. The van der Waals surface area contributed by atoms with Crippen LogP contribution in [0.25, 0.3) is 27.6 Å². The molecule has 0 aliphatic heterocycles. The maximum atomic E-state index is 13.6. The number of aromatic nitrogens is 3. The van der Waals surface area contributed by atoms with Gasteiger partial charge in [-0.25, -0.2) is 4.98 Å². The number of hydrogen-bond donors (Lipinski definition) is 2. The molecule has 2 heterocycles. The molecule has 2 N–H and O–H groups in total. The van der Waals surface area contributed by atoms with Crippen LogP contribution in [0.5, 0.6) is 0 Å². The Morgan fingerprint density at radius 1 is 1.06 bits per heavy atom. The minimum atomic E-state index is -0.235. The Hall–Kier alpha value is -3.55. The van der Waals surface area contributed by atoms with Gasteiger partial charge in [-0.15, -0.1) is 0 Å². The van der Waals surface area contributed by atoms with Crippen molar-refractivity contribution in [2.24, 2.45) is 0 Å². The van der Waals surface area contributed by atoms with Crippen molar-refractivity contribution in [3.63, 3.8) is 0 Å². The summed E-state index contributed by atoms with van der Waals surface area (Å²) >= 11 is 7.30. The van der Waals surface area contributed by atoms with Crippen molar-refractivity contribution in [1.82, 2.24) is 14.5 Å². The van der Waals surface area contributed by atoms with Crippen molar-refractivity contribution >= 4 is 56.9 Å². The number of nitrogens with zero attached hydrogens (tertiary/aromatic N) is 2. The zero-order valence-corrected chi connectivity index (χ0v) is 21.1. The largest absolute Gasteiger partial charge is 0.349 e. The zero-order chi connectivity index (χ0) is 24.7. The number of amides is 1. The predicted molar refractivity (Wildman–Crippen MR) is 144 cm³/mol. The first-order valence-corrected chi connectivity index (χ1v) is 12.5. The summed E-state index contributed by atoms with van der Waals surface area (Å²) in [5.41, 5.74) is 6.22. The van der Waals surface area contributed by atoms with E-state index in [0.29, 0.717) is 26.9 Å². The van der Waals surface area contributed by atoms with Gasteiger partial charge >= 0.3 is 0 Å². The van der Waals surface area contributed by atoms with Crippen molar-refractivity contribution in [3.8, 4) is 5.69 Å². The first-order chi connectivity index (χ1) is 16.8. The molecule has 0 atom stereocenters. The van der Waals surface area contributed by atoms with Gasteiger partial charge < -0.3 is 10.3 Å². The van der Waals surface area contributed by atoms with Crippen LogP contribution >= 0.6 is 23.4 Å². The maximum Gasteiger partial charge on any atom is 0.283 e. The second kappa shape index (κ2) is 9.24. The molecule has 0 radical (unpaired) electrons. The Balaban J connectivity index is 1.55. The summed E-state index contributed by atoms with van der Waals surface area (Å²) in [6, 6.07) is 18.7. The van der Waals surface area contributed by atoms with Crippen LogP contribution in [0, 0.1) is 20.8 Å². The van der Waals surface area contributed by atoms with Crippen molar-refractivity contribution in [1.29, 1.82) is 0 Å². The third-order valence-corrected chi connectivity index (χ3v) is 7.04. The third-order valence-electron chi connectivity index (χ3n) is 5.85. The number of aromatic amines is 1. The Bertz CT molecular complexity index is 1630. The lowest BCUT2D eigenvalue weighted by molar-refractivity contribution is -0.113. The Morgan fingerprint density at radius 3 is 2.46 bits per heavy atom. The number of carbonyl (C=O) groups excluding carboxylic acids is 1. The van der Waals surface area contributed by atoms with E-state index in [9.17, 15) is 9.59 Å². The van der Waals surface area contributed by atoms with E-state index in [1.807, 2.05) is 57.2 Å². The topological polar surface area (TPSA) is 79.8 Å². The molecule has 5 rings (SSSR count). The Kier molecular flexibility index (Phi) is 6.13. The highest BCUT2D eigenvalue weighted by Gasteiger charge is 2.18. The maximum absolute atomic E-state index is 13.6. The van der Waals surface area contributed by atoms with Gasteiger partial charge in [-0.2, -0.15) is 0 Å². The normalized spacial score (nSPS) is 11.3. The fraction of sp³-hybridized carbons (Fsp3) is 0.148. The van der Waals surface area contributed by atoms with E-state index >= 15 is 0 Å². The first-order valence-electron chi connectivity index (χ1n) is 11.1. The van der Waals surface area contributed by atoms with Crippen LogP contribution in [0.4, 0.5) is 5.69 Å². The second-order valence-electron chi connectivity index (χ2n) is 8.52. The molecule has 1 amide bonds. The molecule has 0 saturated carbocycles. The number of para-hydroxylation sites is 1. The van der Waals surface area contributed by atoms with Gasteiger partial charge in [0.05, 0.1) is 11.4 Å². The van der Waals surface area contributed by atoms with Crippen molar-refractivity contribution < 1.29 is 4.79 Å². The van der Waals surface area contributed by atoms with Crippen molar-refractivity contribution in [3.05, 3.63) is 92.7 Å². The van der Waals surface area contributed by atoms with Crippen LogP contribution in [0.15, 0.2) is 70.6 Å². The molecule has 3 aromatic carbocycles. The number of hydrogen-bond acceptors (Lipinski definition) is 4. The summed E-state index contributed by atoms with van der Waals surface area (Å²) < 4.78 is 1.52. The summed E-state index contributed by atoms with van der Waals surface area (Å²) in [6.07, 6.45) is 0. The van der Waals surface area contributed by atoms with Crippen LogP contribution in [0.1, 0.15) is 16.7 Å². The molecule has 6 nitrogen and oxygen atoms in total. The number of H-pyrrole nitrogens is 1. The van der Waals surface area contributed by atoms with E-state index in [4.69, 9.17) is 16.6 Å². The highest BCUT2D eigenvalue weighted by atomic mass is 35.5. The summed E-state index contributed by atoms with van der Waals surface area (Å²) in [7, 11) is 0. The number of anilines is 1. The van der Waals surface area contributed by atoms with E-state index < -0.39 is 0 Å². The van der Waals surface area contributed by atoms with E-state index in [2.05, 4.69) is 10.3 Å². The molecule has 0 unspecified atom stereocenters. The van der Waals surface area contributed by atoms with Gasteiger partial charge in [0.15, 0.2) is 5.16 Å². The third kappa shape index (κ3) is 4.45. The number of nitrogens with one attached hydrogen (secondary N) is 2. The number of carbonyl (C=O) groups is 1. The van der Waals surface area contributed by atoms with E-state index in [0.717, 1.165) is 33.3 Å². The van der Waals surface area contributed by atoms with E-state index in [-0.39, 0.29) is 17.2 Å². The number of fused-ring (bicyclic) bond motifs is 3. The highest BCUT2D eigenvalue weighted by Crippen LogP contribution is 2.27. The van der Waals surface area contributed by atoms with Crippen molar-refractivity contribution in [2.75, 3.05) is 11.1 Å². The number of halogens is 1. The molecular weight excluding hydrogens is 480 g/mol. The molecule has 0 saturated heterocycles. The summed E-state index contributed by atoms with van der Waals surface area (Å²) in [5, 5.41) is 4.88. The van der Waals surface area contributed by atoms with Crippen LogP contribution in [-0.2, 0) is 4.79 Å². The fourth-order valence-electron chi connectivity index (χ4n) is 4.34. The predicted octanol–water partition coefficient (Wildman–Crippen LogP) is 6.18. The first kappa shape index (κ1) is 23.2. The lowest BCUT2D eigenvalue weighted by atomic mass is 10.1. The van der Waals surface area contributed by atoms with Gasteiger partial charge in [-0.05, 0) is 62.2 Å². The Labute approximate surface area is 211 Å². The minimum absolute atomic E-state index is 0.0979. The smallest absolute Gasteiger partial charge is 0.283 e. The quantitative estimate of drug-likeness (QED) is 0.222. The van der Waals surface area contributed by atoms with E-state index in [1.165, 1.54) is 16.3 Å². The van der Waals surface area contributed by atoms with Gasteiger partial charge in [-0.3, -0.25) is 14.2 Å². The zero-order valence-electron chi connectivity index (χ0n) is 19.5. The highest BCUT2D eigenvalue weighted by molar-refractivity contribution is 7.99. The molecule has 0 bridgehead atoms. The van der Waals surface area contributed by atoms with Gasteiger partial charge in [0.1, 0.15) is 11.0 Å². The van der Waals surface area contributed by atoms with Gasteiger partial charge in [0.2, 0.25) is 5.91 Å². The summed E-state index contributed by atoms with van der Waals surface area (Å²) in [6.45, 7) is 5.99.